The summed E-state index contributed by atoms with van der Waals surface area (Å²) >= 11 is 6.01. The fourth-order valence-electron chi connectivity index (χ4n) is 2.79. The molecule has 2 amide bonds. The van der Waals surface area contributed by atoms with E-state index in [0.717, 1.165) is 5.56 Å². The van der Waals surface area contributed by atoms with E-state index in [1.54, 1.807) is 60.7 Å². The number of carbonyl (C=O) groups is 3. The first-order chi connectivity index (χ1) is 15.5. The van der Waals surface area contributed by atoms with E-state index < -0.39 is 17.8 Å². The van der Waals surface area contributed by atoms with Crippen LogP contribution in [0.25, 0.3) is 0 Å². The van der Waals surface area contributed by atoms with Crippen molar-refractivity contribution >= 4 is 41.3 Å². The molecular formula is C24H20ClN3O4. The van der Waals surface area contributed by atoms with E-state index in [0.29, 0.717) is 17.7 Å². The molecule has 0 atom stereocenters. The van der Waals surface area contributed by atoms with Crippen LogP contribution < -0.4 is 15.5 Å². The number of aryl methyl sites for hydroxylation is 1. The van der Waals surface area contributed by atoms with Gasteiger partial charge >= 0.3 is 17.8 Å². The van der Waals surface area contributed by atoms with E-state index in [1.807, 2.05) is 19.1 Å². The lowest BCUT2D eigenvalue weighted by Crippen LogP contribution is -2.32. The van der Waals surface area contributed by atoms with Crippen LogP contribution >= 0.6 is 11.6 Å². The summed E-state index contributed by atoms with van der Waals surface area (Å²) in [5.41, 5.74) is 4.46. The van der Waals surface area contributed by atoms with Gasteiger partial charge in [0.2, 0.25) is 0 Å². The van der Waals surface area contributed by atoms with Gasteiger partial charge in [0.05, 0.1) is 16.8 Å². The standard InChI is InChI=1S/C24H20ClN3O4/c1-2-17-9-3-6-13-21(17)27-22(29)23(30)28-26-15-16-8-7-10-18(14-16)32-24(31)19-11-4-5-12-20(19)25/h3-15H,2H2,1H3,(H,27,29)(H,28,30). The predicted molar refractivity (Wildman–Crippen MR) is 123 cm³/mol. The Labute approximate surface area is 190 Å². The van der Waals surface area contributed by atoms with Crippen molar-refractivity contribution in [1.82, 2.24) is 5.43 Å². The van der Waals surface area contributed by atoms with Crippen molar-refractivity contribution in [3.05, 3.63) is 94.5 Å². The minimum Gasteiger partial charge on any atom is -0.423 e. The highest BCUT2D eigenvalue weighted by Crippen LogP contribution is 2.19. The number of amides is 2. The Morgan fingerprint density at radius 2 is 1.72 bits per heavy atom. The van der Waals surface area contributed by atoms with Crippen LogP contribution in [0.3, 0.4) is 0 Å². The van der Waals surface area contributed by atoms with Crippen LogP contribution in [-0.2, 0) is 16.0 Å². The zero-order valence-corrected chi connectivity index (χ0v) is 17.9. The first-order valence-electron chi connectivity index (χ1n) is 9.77. The molecule has 0 aromatic heterocycles. The second kappa shape index (κ2) is 10.9. The monoisotopic (exact) mass is 449 g/mol. The number of hydrogen-bond acceptors (Lipinski definition) is 5. The third-order valence-electron chi connectivity index (χ3n) is 4.39. The van der Waals surface area contributed by atoms with Crippen molar-refractivity contribution in [2.24, 2.45) is 5.10 Å². The molecule has 0 unspecified atom stereocenters. The molecule has 0 heterocycles. The number of hydrogen-bond donors (Lipinski definition) is 2. The molecule has 162 valence electrons. The molecule has 7 nitrogen and oxygen atoms in total. The Hall–Kier alpha value is -3.97. The maximum Gasteiger partial charge on any atom is 0.345 e. The second-order valence-electron chi connectivity index (χ2n) is 6.61. The van der Waals surface area contributed by atoms with Gasteiger partial charge in [-0.15, -0.1) is 0 Å². The van der Waals surface area contributed by atoms with Crippen molar-refractivity contribution in [1.29, 1.82) is 0 Å². The van der Waals surface area contributed by atoms with Crippen LogP contribution in [0.15, 0.2) is 77.9 Å². The normalized spacial score (nSPS) is 10.6. The first-order valence-corrected chi connectivity index (χ1v) is 10.1. The number of rotatable bonds is 6. The van der Waals surface area contributed by atoms with Crippen LogP contribution in [-0.4, -0.2) is 24.0 Å². The van der Waals surface area contributed by atoms with E-state index in [1.165, 1.54) is 6.21 Å². The summed E-state index contributed by atoms with van der Waals surface area (Å²) in [6, 6.07) is 20.3. The van der Waals surface area contributed by atoms with Crippen LogP contribution in [0.4, 0.5) is 5.69 Å². The van der Waals surface area contributed by atoms with E-state index in [2.05, 4.69) is 15.8 Å². The Bertz CT molecular complexity index is 1180. The lowest BCUT2D eigenvalue weighted by Gasteiger charge is -2.08. The Balaban J connectivity index is 1.58. The van der Waals surface area contributed by atoms with Crippen LogP contribution in [0.2, 0.25) is 5.02 Å². The fourth-order valence-corrected chi connectivity index (χ4v) is 3.01. The molecule has 0 aliphatic carbocycles. The minimum atomic E-state index is -0.909. The molecule has 0 bridgehead atoms. The van der Waals surface area contributed by atoms with E-state index in [9.17, 15) is 14.4 Å². The minimum absolute atomic E-state index is 0.246. The summed E-state index contributed by atoms with van der Waals surface area (Å²) in [4.78, 5) is 36.4. The van der Waals surface area contributed by atoms with Crippen molar-refractivity contribution in [3.8, 4) is 5.75 Å². The zero-order chi connectivity index (χ0) is 22.9. The van der Waals surface area contributed by atoms with E-state index >= 15 is 0 Å². The summed E-state index contributed by atoms with van der Waals surface area (Å²) in [7, 11) is 0. The number of carbonyl (C=O) groups excluding carboxylic acids is 3. The highest BCUT2D eigenvalue weighted by Gasteiger charge is 2.14. The van der Waals surface area contributed by atoms with Gasteiger partial charge in [0, 0.05) is 5.69 Å². The van der Waals surface area contributed by atoms with Gasteiger partial charge in [-0.05, 0) is 47.9 Å². The van der Waals surface area contributed by atoms with Crippen molar-refractivity contribution < 1.29 is 19.1 Å². The highest BCUT2D eigenvalue weighted by molar-refractivity contribution is 6.39. The molecule has 3 rings (SSSR count). The molecule has 0 saturated heterocycles. The van der Waals surface area contributed by atoms with Gasteiger partial charge in [-0.25, -0.2) is 10.2 Å². The topological polar surface area (TPSA) is 96.9 Å². The van der Waals surface area contributed by atoms with Crippen molar-refractivity contribution in [2.75, 3.05) is 5.32 Å². The Morgan fingerprint density at radius 1 is 0.969 bits per heavy atom. The largest absolute Gasteiger partial charge is 0.423 e. The number of ether oxygens (including phenoxy) is 1. The molecule has 3 aromatic rings. The molecule has 0 aliphatic rings. The number of hydrazone groups is 1. The summed E-state index contributed by atoms with van der Waals surface area (Å²) in [6.07, 6.45) is 2.05. The second-order valence-corrected chi connectivity index (χ2v) is 7.01. The number of anilines is 1. The number of halogens is 1. The highest BCUT2D eigenvalue weighted by atomic mass is 35.5. The number of nitrogens with one attached hydrogen (secondary N) is 2. The van der Waals surface area contributed by atoms with Crippen molar-refractivity contribution in [2.45, 2.75) is 13.3 Å². The summed E-state index contributed by atoms with van der Waals surface area (Å²) in [6.45, 7) is 1.95. The maximum atomic E-state index is 12.3. The van der Waals surface area contributed by atoms with Crippen LogP contribution in [0, 0.1) is 0 Å². The zero-order valence-electron chi connectivity index (χ0n) is 17.2. The van der Waals surface area contributed by atoms with Crippen LogP contribution in [0.5, 0.6) is 5.75 Å². The average Bonchev–Trinajstić information content (AvgIpc) is 2.79. The van der Waals surface area contributed by atoms with Gasteiger partial charge in [-0.2, -0.15) is 5.10 Å². The molecule has 0 spiro atoms. The SMILES string of the molecule is CCc1ccccc1NC(=O)C(=O)NN=Cc1cccc(OC(=O)c2ccccc2Cl)c1. The molecule has 8 heteroatoms. The lowest BCUT2D eigenvalue weighted by atomic mass is 10.1. The molecule has 0 saturated carbocycles. The third-order valence-corrected chi connectivity index (χ3v) is 4.72. The predicted octanol–water partition coefficient (Wildman–Crippen LogP) is 4.21. The van der Waals surface area contributed by atoms with Gasteiger partial charge in [-0.3, -0.25) is 9.59 Å². The molecule has 0 aliphatic heterocycles. The Kier molecular flexibility index (Phi) is 7.72. The van der Waals surface area contributed by atoms with Gasteiger partial charge in [0.25, 0.3) is 0 Å². The lowest BCUT2D eigenvalue weighted by molar-refractivity contribution is -0.136. The number of nitrogens with zero attached hydrogens (tertiary/aromatic N) is 1. The van der Waals surface area contributed by atoms with Crippen LogP contribution in [0.1, 0.15) is 28.4 Å². The van der Waals surface area contributed by atoms with E-state index in [-0.39, 0.29) is 16.3 Å². The molecule has 3 aromatic carbocycles. The molecule has 2 N–H and O–H groups in total. The fraction of sp³-hybridized carbons (Fsp3) is 0.0833. The average molecular weight is 450 g/mol. The van der Waals surface area contributed by atoms with Gasteiger partial charge < -0.3 is 10.1 Å². The molecule has 0 radical (unpaired) electrons. The molecule has 0 fully saturated rings. The maximum absolute atomic E-state index is 12.3. The first kappa shape index (κ1) is 22.7. The van der Waals surface area contributed by atoms with Crippen molar-refractivity contribution in [3.63, 3.8) is 0 Å². The quantitative estimate of drug-likeness (QED) is 0.194. The molecule has 32 heavy (non-hydrogen) atoms. The summed E-state index contributed by atoms with van der Waals surface area (Å²) < 4.78 is 5.34. The third kappa shape index (κ3) is 6.02. The van der Waals surface area contributed by atoms with Gasteiger partial charge in [0.15, 0.2) is 0 Å². The van der Waals surface area contributed by atoms with Gasteiger partial charge in [-0.1, -0.05) is 61.0 Å². The molecular weight excluding hydrogens is 430 g/mol. The number of benzene rings is 3. The van der Waals surface area contributed by atoms with E-state index in [4.69, 9.17) is 16.3 Å². The number of esters is 1. The summed E-state index contributed by atoms with van der Waals surface area (Å²) in [5, 5.41) is 6.65. The summed E-state index contributed by atoms with van der Waals surface area (Å²) in [5.74, 6) is -2.06. The Morgan fingerprint density at radius 3 is 2.50 bits per heavy atom. The smallest absolute Gasteiger partial charge is 0.345 e. The number of para-hydroxylation sites is 1. The van der Waals surface area contributed by atoms with Gasteiger partial charge in [0.1, 0.15) is 5.75 Å².